The molecule has 1 aliphatic rings. The summed E-state index contributed by atoms with van der Waals surface area (Å²) in [6.45, 7) is 0.835. The van der Waals surface area contributed by atoms with Crippen molar-refractivity contribution >= 4 is 29.0 Å². The number of piperidine rings is 1. The van der Waals surface area contributed by atoms with Crippen LogP contribution in [-0.2, 0) is 4.79 Å². The number of carbonyl (C=O) groups excluding carboxylic acids is 1. The molecule has 1 amide bonds. The minimum absolute atomic E-state index is 0.155. The summed E-state index contributed by atoms with van der Waals surface area (Å²) >= 11 is 3.20. The maximum Gasteiger partial charge on any atom is 0.233 e. The van der Waals surface area contributed by atoms with Crippen LogP contribution >= 0.6 is 23.1 Å². The third-order valence-electron chi connectivity index (χ3n) is 3.96. The van der Waals surface area contributed by atoms with Gasteiger partial charge in [-0.05, 0) is 37.5 Å². The molecule has 0 radical (unpaired) electrons. The Hall–Kier alpha value is -1.53. The first-order valence-corrected chi connectivity index (χ1v) is 9.60. The van der Waals surface area contributed by atoms with Gasteiger partial charge in [0.1, 0.15) is 10.8 Å². The van der Waals surface area contributed by atoms with E-state index < -0.39 is 0 Å². The zero-order valence-corrected chi connectivity index (χ0v) is 14.7. The second-order valence-electron chi connectivity index (χ2n) is 5.44. The molecule has 1 aliphatic heterocycles. The summed E-state index contributed by atoms with van der Waals surface area (Å²) in [5.41, 5.74) is 0. The molecular formula is C17H20N2O2S2. The molecule has 1 aromatic heterocycles. The van der Waals surface area contributed by atoms with Crippen LogP contribution in [0.2, 0.25) is 0 Å². The number of hydrogen-bond donors (Lipinski definition) is 0. The number of thioether (sulfide) groups is 1. The van der Waals surface area contributed by atoms with Crippen molar-refractivity contribution in [1.82, 2.24) is 9.88 Å². The lowest BCUT2D eigenvalue weighted by atomic mass is 10.0. The summed E-state index contributed by atoms with van der Waals surface area (Å²) in [5, 5.41) is 3.04. The highest BCUT2D eigenvalue weighted by molar-refractivity contribution is 8.00. The van der Waals surface area contributed by atoms with Crippen molar-refractivity contribution in [1.29, 1.82) is 0 Å². The predicted molar refractivity (Wildman–Crippen MR) is 94.1 cm³/mol. The van der Waals surface area contributed by atoms with Gasteiger partial charge in [-0.15, -0.1) is 23.1 Å². The summed E-state index contributed by atoms with van der Waals surface area (Å²) in [6.07, 6.45) is 5.08. The van der Waals surface area contributed by atoms with E-state index in [1.807, 2.05) is 40.7 Å². The van der Waals surface area contributed by atoms with Crippen LogP contribution < -0.4 is 4.74 Å². The van der Waals surface area contributed by atoms with E-state index in [0.29, 0.717) is 5.75 Å². The van der Waals surface area contributed by atoms with Crippen molar-refractivity contribution in [2.45, 2.75) is 30.2 Å². The fraction of sp³-hybridized carbons (Fsp3) is 0.412. The Morgan fingerprint density at radius 1 is 1.48 bits per heavy atom. The third-order valence-corrected chi connectivity index (χ3v) is 5.82. The van der Waals surface area contributed by atoms with Gasteiger partial charge in [-0.1, -0.05) is 6.07 Å². The van der Waals surface area contributed by atoms with Crippen LogP contribution in [0, 0.1) is 0 Å². The van der Waals surface area contributed by atoms with Gasteiger partial charge >= 0.3 is 0 Å². The molecule has 2 aromatic rings. The molecule has 1 aromatic carbocycles. The van der Waals surface area contributed by atoms with E-state index >= 15 is 0 Å². The molecule has 0 saturated carbocycles. The Labute approximate surface area is 144 Å². The average molecular weight is 348 g/mol. The van der Waals surface area contributed by atoms with E-state index in [1.54, 1.807) is 30.2 Å². The van der Waals surface area contributed by atoms with Crippen molar-refractivity contribution in [3.05, 3.63) is 40.8 Å². The molecule has 0 spiro atoms. The lowest BCUT2D eigenvalue weighted by Gasteiger charge is -2.34. The number of aromatic nitrogens is 1. The van der Waals surface area contributed by atoms with E-state index in [2.05, 4.69) is 4.98 Å². The lowest BCUT2D eigenvalue weighted by Crippen LogP contribution is -2.39. The lowest BCUT2D eigenvalue weighted by molar-refractivity contribution is -0.132. The van der Waals surface area contributed by atoms with E-state index in [0.717, 1.165) is 41.5 Å². The molecule has 1 saturated heterocycles. The van der Waals surface area contributed by atoms with Gasteiger partial charge < -0.3 is 9.64 Å². The molecule has 122 valence electrons. The van der Waals surface area contributed by atoms with Crippen LogP contribution in [0.5, 0.6) is 5.75 Å². The number of hydrogen-bond acceptors (Lipinski definition) is 5. The molecule has 1 fully saturated rings. The Bertz CT molecular complexity index is 646. The predicted octanol–water partition coefficient (Wildman–Crippen LogP) is 4.00. The Morgan fingerprint density at radius 2 is 2.39 bits per heavy atom. The first-order chi connectivity index (χ1) is 11.3. The summed E-state index contributed by atoms with van der Waals surface area (Å²) < 4.78 is 5.23. The number of thiazole rings is 1. The standard InChI is InChI=1S/C17H20N2O2S2/c1-21-13-5-4-6-14(11-13)23-12-16(20)19-9-3-2-7-15(19)17-18-8-10-22-17/h4-6,8,10-11,15H,2-3,7,9,12H2,1H3. The highest BCUT2D eigenvalue weighted by Crippen LogP contribution is 2.33. The molecule has 2 heterocycles. The fourth-order valence-corrected chi connectivity index (χ4v) is 4.42. The van der Waals surface area contributed by atoms with Crippen molar-refractivity contribution in [2.75, 3.05) is 19.4 Å². The normalized spacial score (nSPS) is 18.0. The zero-order valence-electron chi connectivity index (χ0n) is 13.1. The number of benzene rings is 1. The number of likely N-dealkylation sites (tertiary alicyclic amines) is 1. The number of nitrogens with zero attached hydrogens (tertiary/aromatic N) is 2. The van der Waals surface area contributed by atoms with E-state index in [-0.39, 0.29) is 11.9 Å². The van der Waals surface area contributed by atoms with Gasteiger partial charge in [-0.3, -0.25) is 4.79 Å². The fourth-order valence-electron chi connectivity index (χ4n) is 2.80. The summed E-state index contributed by atoms with van der Waals surface area (Å²) in [5.74, 6) is 1.47. The summed E-state index contributed by atoms with van der Waals surface area (Å²) in [4.78, 5) is 20.2. The van der Waals surface area contributed by atoms with E-state index in [4.69, 9.17) is 4.74 Å². The van der Waals surface area contributed by atoms with Gasteiger partial charge in [0.25, 0.3) is 0 Å². The first kappa shape index (κ1) is 16.3. The maximum atomic E-state index is 12.7. The van der Waals surface area contributed by atoms with E-state index in [1.165, 1.54) is 0 Å². The SMILES string of the molecule is COc1cccc(SCC(=O)N2CCCCC2c2nccs2)c1. The largest absolute Gasteiger partial charge is 0.497 e. The molecule has 6 heteroatoms. The molecule has 0 N–H and O–H groups in total. The van der Waals surface area contributed by atoms with Crippen molar-refractivity contribution in [3.8, 4) is 5.75 Å². The average Bonchev–Trinajstić information content (AvgIpc) is 3.14. The number of carbonyl (C=O) groups is 1. The van der Waals surface area contributed by atoms with Crippen LogP contribution in [0.15, 0.2) is 40.7 Å². The quantitative estimate of drug-likeness (QED) is 0.766. The molecular weight excluding hydrogens is 328 g/mol. The smallest absolute Gasteiger partial charge is 0.233 e. The van der Waals surface area contributed by atoms with Gasteiger partial charge in [0.05, 0.1) is 18.9 Å². The van der Waals surface area contributed by atoms with Gasteiger partial charge in [0.15, 0.2) is 0 Å². The molecule has 1 unspecified atom stereocenters. The van der Waals surface area contributed by atoms with Crippen molar-refractivity contribution in [2.24, 2.45) is 0 Å². The minimum atomic E-state index is 0.155. The van der Waals surface area contributed by atoms with Crippen LogP contribution in [0.3, 0.4) is 0 Å². The van der Waals surface area contributed by atoms with E-state index in [9.17, 15) is 4.79 Å². The number of ether oxygens (including phenoxy) is 1. The van der Waals surface area contributed by atoms with Crippen LogP contribution in [0.4, 0.5) is 0 Å². The third kappa shape index (κ3) is 4.06. The summed E-state index contributed by atoms with van der Waals surface area (Å²) in [6, 6.07) is 7.99. The highest BCUT2D eigenvalue weighted by Gasteiger charge is 2.29. The topological polar surface area (TPSA) is 42.4 Å². The first-order valence-electron chi connectivity index (χ1n) is 7.73. The molecule has 4 nitrogen and oxygen atoms in total. The van der Waals surface area contributed by atoms with Crippen LogP contribution in [-0.4, -0.2) is 35.2 Å². The van der Waals surface area contributed by atoms with Crippen molar-refractivity contribution < 1.29 is 9.53 Å². The minimum Gasteiger partial charge on any atom is -0.497 e. The highest BCUT2D eigenvalue weighted by atomic mass is 32.2. The van der Waals surface area contributed by atoms with Crippen molar-refractivity contribution in [3.63, 3.8) is 0 Å². The number of rotatable bonds is 5. The Kier molecular flexibility index (Phi) is 5.56. The van der Waals surface area contributed by atoms with Gasteiger partial charge in [-0.2, -0.15) is 0 Å². The number of methoxy groups -OCH3 is 1. The molecule has 0 aliphatic carbocycles. The Balaban J connectivity index is 1.64. The van der Waals surface area contributed by atoms with Crippen LogP contribution in [0.1, 0.15) is 30.3 Å². The Morgan fingerprint density at radius 3 is 3.17 bits per heavy atom. The van der Waals surface area contributed by atoms with Gasteiger partial charge in [-0.25, -0.2) is 4.98 Å². The van der Waals surface area contributed by atoms with Gasteiger partial charge in [0, 0.05) is 23.0 Å². The second kappa shape index (κ2) is 7.84. The second-order valence-corrected chi connectivity index (χ2v) is 7.41. The molecule has 1 atom stereocenters. The zero-order chi connectivity index (χ0) is 16.1. The maximum absolute atomic E-state index is 12.7. The molecule has 3 rings (SSSR count). The summed E-state index contributed by atoms with van der Waals surface area (Å²) in [7, 11) is 1.65. The molecule has 0 bridgehead atoms. The number of amides is 1. The van der Waals surface area contributed by atoms with Gasteiger partial charge in [0.2, 0.25) is 5.91 Å². The van der Waals surface area contributed by atoms with Crippen LogP contribution in [0.25, 0.3) is 0 Å². The molecule has 23 heavy (non-hydrogen) atoms. The monoisotopic (exact) mass is 348 g/mol.